The standard InChI is InChI=1S/C19H22N2O3S/c1-20-7-9-23-13-3-5-15-17(11-13)25-18-12-14(24-10-8-21-2)4-6-16(18)19(15)22/h3-6,11-12,20-21H,7-10H2,1-2H3. The third-order valence-corrected chi connectivity index (χ3v) is 4.97. The zero-order valence-electron chi connectivity index (χ0n) is 14.4. The smallest absolute Gasteiger partial charge is 0.195 e. The Balaban J connectivity index is 1.96. The van der Waals surface area contributed by atoms with E-state index in [-0.39, 0.29) is 5.43 Å². The van der Waals surface area contributed by atoms with Gasteiger partial charge in [-0.1, -0.05) is 0 Å². The first-order chi connectivity index (χ1) is 12.2. The van der Waals surface area contributed by atoms with Crippen molar-refractivity contribution in [3.8, 4) is 11.5 Å². The zero-order chi connectivity index (χ0) is 17.6. The fourth-order valence-electron chi connectivity index (χ4n) is 2.53. The second-order valence-corrected chi connectivity index (χ2v) is 6.73. The van der Waals surface area contributed by atoms with E-state index in [1.807, 2.05) is 50.5 Å². The maximum atomic E-state index is 12.7. The summed E-state index contributed by atoms with van der Waals surface area (Å²) in [4.78, 5) is 12.7. The molecule has 1 aromatic heterocycles. The quantitative estimate of drug-likeness (QED) is 0.479. The molecule has 0 bridgehead atoms. The Hall–Kier alpha value is -2.15. The van der Waals surface area contributed by atoms with Gasteiger partial charge in [0.05, 0.1) is 0 Å². The molecule has 2 N–H and O–H groups in total. The molecule has 0 spiro atoms. The van der Waals surface area contributed by atoms with E-state index in [2.05, 4.69) is 10.6 Å². The normalized spacial score (nSPS) is 11.1. The molecule has 25 heavy (non-hydrogen) atoms. The van der Waals surface area contributed by atoms with E-state index in [1.165, 1.54) is 0 Å². The van der Waals surface area contributed by atoms with Gasteiger partial charge < -0.3 is 20.1 Å². The average Bonchev–Trinajstić information content (AvgIpc) is 2.62. The van der Waals surface area contributed by atoms with Crippen LogP contribution < -0.4 is 25.5 Å². The third kappa shape index (κ3) is 4.10. The van der Waals surface area contributed by atoms with Crippen molar-refractivity contribution in [3.05, 3.63) is 46.6 Å². The van der Waals surface area contributed by atoms with Gasteiger partial charge in [-0.05, 0) is 50.5 Å². The lowest BCUT2D eigenvalue weighted by Gasteiger charge is -2.09. The summed E-state index contributed by atoms with van der Waals surface area (Å²) >= 11 is 1.58. The van der Waals surface area contributed by atoms with E-state index < -0.39 is 0 Å². The van der Waals surface area contributed by atoms with Crippen LogP contribution in [0.3, 0.4) is 0 Å². The number of hydrogen-bond acceptors (Lipinski definition) is 6. The molecule has 2 aromatic carbocycles. The number of hydrogen-bond donors (Lipinski definition) is 2. The Morgan fingerprint density at radius 1 is 0.840 bits per heavy atom. The molecule has 0 aliphatic heterocycles. The Morgan fingerprint density at radius 3 is 1.76 bits per heavy atom. The predicted octanol–water partition coefficient (Wildman–Crippen LogP) is 2.61. The van der Waals surface area contributed by atoms with Crippen molar-refractivity contribution in [1.29, 1.82) is 0 Å². The Labute approximate surface area is 150 Å². The lowest BCUT2D eigenvalue weighted by Crippen LogP contribution is -2.16. The summed E-state index contributed by atoms with van der Waals surface area (Å²) in [6.45, 7) is 2.74. The largest absolute Gasteiger partial charge is 0.492 e. The minimum atomic E-state index is 0.0484. The molecule has 0 atom stereocenters. The zero-order valence-corrected chi connectivity index (χ0v) is 15.2. The Kier molecular flexibility index (Phi) is 5.86. The molecule has 5 nitrogen and oxygen atoms in total. The highest BCUT2D eigenvalue weighted by Gasteiger charge is 2.08. The van der Waals surface area contributed by atoms with Gasteiger partial charge in [0, 0.05) is 33.3 Å². The van der Waals surface area contributed by atoms with E-state index >= 15 is 0 Å². The summed E-state index contributed by atoms with van der Waals surface area (Å²) in [5, 5.41) is 7.54. The topological polar surface area (TPSA) is 59.6 Å². The van der Waals surface area contributed by atoms with Crippen LogP contribution in [-0.4, -0.2) is 40.4 Å². The lowest BCUT2D eigenvalue weighted by atomic mass is 10.2. The first-order valence-corrected chi connectivity index (χ1v) is 9.10. The SMILES string of the molecule is CNCCOc1ccc2c(=O)c3ccc(OCCNC)cc3sc2c1. The van der Waals surface area contributed by atoms with Gasteiger partial charge in [-0.25, -0.2) is 0 Å². The van der Waals surface area contributed by atoms with Gasteiger partial charge in [-0.15, -0.1) is 11.3 Å². The molecular weight excluding hydrogens is 336 g/mol. The Bertz CT molecular complexity index is 853. The van der Waals surface area contributed by atoms with E-state index in [0.29, 0.717) is 13.2 Å². The summed E-state index contributed by atoms with van der Waals surface area (Å²) < 4.78 is 13.3. The fourth-order valence-corrected chi connectivity index (χ4v) is 3.66. The molecule has 3 aromatic rings. The molecule has 0 radical (unpaired) electrons. The van der Waals surface area contributed by atoms with Crippen molar-refractivity contribution >= 4 is 31.5 Å². The number of likely N-dealkylation sites (N-methyl/N-ethyl adjacent to an activating group) is 2. The van der Waals surface area contributed by atoms with Gasteiger partial charge >= 0.3 is 0 Å². The van der Waals surface area contributed by atoms with Crippen LogP contribution in [0.4, 0.5) is 0 Å². The predicted molar refractivity (Wildman–Crippen MR) is 104 cm³/mol. The number of rotatable bonds is 8. The first kappa shape index (κ1) is 17.7. The molecule has 0 aliphatic rings. The monoisotopic (exact) mass is 358 g/mol. The highest BCUT2D eigenvalue weighted by molar-refractivity contribution is 7.24. The average molecular weight is 358 g/mol. The van der Waals surface area contributed by atoms with Crippen LogP contribution in [0.2, 0.25) is 0 Å². The van der Waals surface area contributed by atoms with Crippen LogP contribution in [0.15, 0.2) is 41.2 Å². The molecular formula is C19H22N2O3S. The third-order valence-electron chi connectivity index (χ3n) is 3.86. The van der Waals surface area contributed by atoms with Crippen molar-refractivity contribution in [2.24, 2.45) is 0 Å². The fraction of sp³-hybridized carbons (Fsp3) is 0.316. The number of nitrogens with one attached hydrogen (secondary N) is 2. The number of benzene rings is 2. The summed E-state index contributed by atoms with van der Waals surface area (Å²) in [7, 11) is 3.77. The van der Waals surface area contributed by atoms with Crippen molar-refractivity contribution in [3.63, 3.8) is 0 Å². The molecule has 3 rings (SSSR count). The summed E-state index contributed by atoms with van der Waals surface area (Å²) in [5.74, 6) is 1.55. The minimum Gasteiger partial charge on any atom is -0.492 e. The molecule has 6 heteroatoms. The molecule has 132 valence electrons. The van der Waals surface area contributed by atoms with Crippen LogP contribution in [0.5, 0.6) is 11.5 Å². The van der Waals surface area contributed by atoms with Gasteiger partial charge in [0.15, 0.2) is 5.43 Å². The van der Waals surface area contributed by atoms with Gasteiger partial charge in [0.1, 0.15) is 24.7 Å². The first-order valence-electron chi connectivity index (χ1n) is 8.28. The van der Waals surface area contributed by atoms with Crippen molar-refractivity contribution in [1.82, 2.24) is 10.6 Å². The van der Waals surface area contributed by atoms with Crippen molar-refractivity contribution in [2.75, 3.05) is 40.4 Å². The highest BCUT2D eigenvalue weighted by Crippen LogP contribution is 2.30. The van der Waals surface area contributed by atoms with Crippen LogP contribution >= 0.6 is 11.3 Å². The van der Waals surface area contributed by atoms with Crippen LogP contribution in [0, 0.1) is 0 Å². The van der Waals surface area contributed by atoms with Gasteiger partial charge in [-0.3, -0.25) is 4.79 Å². The van der Waals surface area contributed by atoms with E-state index in [9.17, 15) is 4.79 Å². The molecule has 0 unspecified atom stereocenters. The summed E-state index contributed by atoms with van der Waals surface area (Å²) in [6.07, 6.45) is 0. The molecule has 0 saturated heterocycles. The van der Waals surface area contributed by atoms with E-state index in [4.69, 9.17) is 9.47 Å². The van der Waals surface area contributed by atoms with Gasteiger partial charge in [0.2, 0.25) is 0 Å². The molecule has 0 amide bonds. The van der Waals surface area contributed by atoms with Crippen molar-refractivity contribution < 1.29 is 9.47 Å². The summed E-state index contributed by atoms with van der Waals surface area (Å²) in [5.41, 5.74) is 0.0484. The summed E-state index contributed by atoms with van der Waals surface area (Å²) in [6, 6.07) is 11.3. The van der Waals surface area contributed by atoms with E-state index in [0.717, 1.165) is 44.8 Å². The molecule has 1 heterocycles. The van der Waals surface area contributed by atoms with Gasteiger partial charge in [-0.2, -0.15) is 0 Å². The Morgan fingerprint density at radius 2 is 1.32 bits per heavy atom. The maximum Gasteiger partial charge on any atom is 0.195 e. The number of ether oxygens (including phenoxy) is 2. The van der Waals surface area contributed by atoms with Gasteiger partial charge in [0.25, 0.3) is 0 Å². The second kappa shape index (κ2) is 8.29. The van der Waals surface area contributed by atoms with Crippen LogP contribution in [0.25, 0.3) is 20.2 Å². The molecule has 0 aliphatic carbocycles. The minimum absolute atomic E-state index is 0.0484. The van der Waals surface area contributed by atoms with E-state index in [1.54, 1.807) is 11.3 Å². The molecule has 0 fully saturated rings. The lowest BCUT2D eigenvalue weighted by molar-refractivity contribution is 0.319. The van der Waals surface area contributed by atoms with Crippen LogP contribution in [-0.2, 0) is 0 Å². The number of fused-ring (bicyclic) bond motifs is 2. The van der Waals surface area contributed by atoms with Crippen LogP contribution in [0.1, 0.15) is 0 Å². The molecule has 0 saturated carbocycles. The van der Waals surface area contributed by atoms with Crippen molar-refractivity contribution in [2.45, 2.75) is 0 Å². The maximum absolute atomic E-state index is 12.7. The second-order valence-electron chi connectivity index (χ2n) is 5.65. The highest BCUT2D eigenvalue weighted by atomic mass is 32.1.